The predicted molar refractivity (Wildman–Crippen MR) is 86.4 cm³/mol. The van der Waals surface area contributed by atoms with Crippen LogP contribution in [0.3, 0.4) is 0 Å². The van der Waals surface area contributed by atoms with E-state index in [1.807, 2.05) is 0 Å². The Morgan fingerprint density at radius 1 is 1.10 bits per heavy atom. The molecule has 0 atom stereocenters. The lowest BCUT2D eigenvalue weighted by atomic mass is 9.97. The summed E-state index contributed by atoms with van der Waals surface area (Å²) in [7, 11) is 0. The minimum Gasteiger partial charge on any atom is -0.339 e. The first-order valence-corrected chi connectivity index (χ1v) is 8.66. The van der Waals surface area contributed by atoms with E-state index in [1.165, 1.54) is 32.5 Å². The van der Waals surface area contributed by atoms with Gasteiger partial charge in [-0.15, -0.1) is 0 Å². The maximum Gasteiger partial charge on any atom is 0.236 e. The third-order valence-corrected chi connectivity index (χ3v) is 4.95. The molecular formula is C16H32N4O. The van der Waals surface area contributed by atoms with E-state index in [0.717, 1.165) is 45.2 Å². The van der Waals surface area contributed by atoms with Crippen LogP contribution < -0.4 is 5.32 Å². The number of carbonyl (C=O) groups is 1. The zero-order chi connectivity index (χ0) is 15.1. The molecule has 1 amide bonds. The normalized spacial score (nSPS) is 22.0. The Morgan fingerprint density at radius 3 is 2.29 bits per heavy atom. The summed E-state index contributed by atoms with van der Waals surface area (Å²) in [5.41, 5.74) is 0. The van der Waals surface area contributed by atoms with Gasteiger partial charge in [0.15, 0.2) is 0 Å². The van der Waals surface area contributed by atoms with E-state index < -0.39 is 0 Å². The van der Waals surface area contributed by atoms with Gasteiger partial charge in [0.2, 0.25) is 5.91 Å². The van der Waals surface area contributed by atoms with Crippen molar-refractivity contribution in [2.75, 3.05) is 65.4 Å². The third-order valence-electron chi connectivity index (χ3n) is 4.95. The van der Waals surface area contributed by atoms with Crippen molar-refractivity contribution in [1.82, 2.24) is 20.0 Å². The van der Waals surface area contributed by atoms with Gasteiger partial charge in [0.1, 0.15) is 0 Å². The van der Waals surface area contributed by atoms with Crippen LogP contribution in [0.2, 0.25) is 0 Å². The Bertz CT molecular complexity index is 305. The molecule has 2 heterocycles. The lowest BCUT2D eigenvalue weighted by Gasteiger charge is -2.38. The molecule has 0 aromatic heterocycles. The number of nitrogens with one attached hydrogen (secondary N) is 1. The van der Waals surface area contributed by atoms with E-state index in [-0.39, 0.29) is 0 Å². The molecule has 2 aliphatic rings. The number of nitrogens with zero attached hydrogens (tertiary/aromatic N) is 3. The summed E-state index contributed by atoms with van der Waals surface area (Å²) in [6, 6.07) is 0. The number of piperazine rings is 1. The van der Waals surface area contributed by atoms with Crippen molar-refractivity contribution in [2.24, 2.45) is 5.92 Å². The molecule has 0 bridgehead atoms. The van der Waals surface area contributed by atoms with Crippen molar-refractivity contribution in [3.05, 3.63) is 0 Å². The van der Waals surface area contributed by atoms with Crippen LogP contribution in [0, 0.1) is 5.92 Å². The Labute approximate surface area is 129 Å². The Balaban J connectivity index is 1.68. The lowest BCUT2D eigenvalue weighted by molar-refractivity contribution is -0.134. The molecule has 5 nitrogen and oxygen atoms in total. The Hall–Kier alpha value is -0.650. The molecule has 0 aromatic carbocycles. The third kappa shape index (κ3) is 5.24. The van der Waals surface area contributed by atoms with Crippen LogP contribution in [0.25, 0.3) is 0 Å². The molecular weight excluding hydrogens is 264 g/mol. The molecule has 21 heavy (non-hydrogen) atoms. The maximum atomic E-state index is 12.3. The average Bonchev–Trinajstić information content (AvgIpc) is 2.54. The van der Waals surface area contributed by atoms with Gasteiger partial charge >= 0.3 is 0 Å². The number of likely N-dealkylation sites (N-methyl/N-ethyl adjacent to an activating group) is 1. The van der Waals surface area contributed by atoms with Crippen molar-refractivity contribution in [3.63, 3.8) is 0 Å². The first-order chi connectivity index (χ1) is 10.2. The highest BCUT2D eigenvalue weighted by atomic mass is 16.2. The molecule has 0 saturated carbocycles. The Morgan fingerprint density at radius 2 is 1.71 bits per heavy atom. The van der Waals surface area contributed by atoms with E-state index in [9.17, 15) is 4.79 Å². The Kier molecular flexibility index (Phi) is 6.93. The van der Waals surface area contributed by atoms with Gasteiger partial charge in [-0.2, -0.15) is 0 Å². The second-order valence-electron chi connectivity index (χ2n) is 6.34. The van der Waals surface area contributed by atoms with Crippen molar-refractivity contribution in [2.45, 2.75) is 26.7 Å². The van der Waals surface area contributed by atoms with Gasteiger partial charge in [-0.05, 0) is 44.9 Å². The van der Waals surface area contributed by atoms with E-state index in [2.05, 4.69) is 33.9 Å². The second-order valence-corrected chi connectivity index (χ2v) is 6.34. The van der Waals surface area contributed by atoms with E-state index in [4.69, 9.17) is 0 Å². The van der Waals surface area contributed by atoms with Crippen LogP contribution in [0.5, 0.6) is 0 Å². The standard InChI is InChI=1S/C16H32N4O/c1-3-18(4-2)14-16(21)20-11-9-19(10-12-20)13-15-5-7-17-8-6-15/h15,17H,3-14H2,1-2H3. The van der Waals surface area contributed by atoms with Crippen LogP contribution >= 0.6 is 0 Å². The summed E-state index contributed by atoms with van der Waals surface area (Å²) in [6.45, 7) is 14.2. The van der Waals surface area contributed by atoms with Gasteiger partial charge in [0, 0.05) is 32.7 Å². The fourth-order valence-electron chi connectivity index (χ4n) is 3.35. The number of piperidine rings is 1. The zero-order valence-electron chi connectivity index (χ0n) is 13.8. The van der Waals surface area contributed by atoms with Crippen LogP contribution in [0.4, 0.5) is 0 Å². The van der Waals surface area contributed by atoms with Crippen molar-refractivity contribution in [3.8, 4) is 0 Å². The van der Waals surface area contributed by atoms with Crippen molar-refractivity contribution < 1.29 is 4.79 Å². The van der Waals surface area contributed by atoms with Crippen LogP contribution in [0.15, 0.2) is 0 Å². The van der Waals surface area contributed by atoms with Crippen LogP contribution in [-0.4, -0.2) is 86.1 Å². The average molecular weight is 296 g/mol. The number of amides is 1. The molecule has 2 rings (SSSR count). The molecule has 5 heteroatoms. The summed E-state index contributed by atoms with van der Waals surface area (Å²) < 4.78 is 0. The van der Waals surface area contributed by atoms with E-state index in [1.54, 1.807) is 0 Å². The predicted octanol–water partition coefficient (Wildman–Crippen LogP) is 0.472. The van der Waals surface area contributed by atoms with Gasteiger partial charge in [-0.25, -0.2) is 0 Å². The van der Waals surface area contributed by atoms with Gasteiger partial charge < -0.3 is 10.2 Å². The van der Waals surface area contributed by atoms with E-state index in [0.29, 0.717) is 12.5 Å². The molecule has 2 fully saturated rings. The highest BCUT2D eigenvalue weighted by molar-refractivity contribution is 5.78. The number of hydrogen-bond acceptors (Lipinski definition) is 4. The lowest BCUT2D eigenvalue weighted by Crippen LogP contribution is -2.52. The highest BCUT2D eigenvalue weighted by Gasteiger charge is 2.24. The fourth-order valence-corrected chi connectivity index (χ4v) is 3.35. The SMILES string of the molecule is CCN(CC)CC(=O)N1CCN(CC2CCNCC2)CC1. The first kappa shape index (κ1) is 16.7. The molecule has 0 aromatic rings. The van der Waals surface area contributed by atoms with Gasteiger partial charge in [-0.1, -0.05) is 13.8 Å². The molecule has 1 N–H and O–H groups in total. The van der Waals surface area contributed by atoms with Crippen LogP contribution in [0.1, 0.15) is 26.7 Å². The van der Waals surface area contributed by atoms with Crippen molar-refractivity contribution in [1.29, 1.82) is 0 Å². The minimum absolute atomic E-state index is 0.306. The molecule has 0 aliphatic carbocycles. The number of rotatable bonds is 6. The largest absolute Gasteiger partial charge is 0.339 e. The van der Waals surface area contributed by atoms with Crippen LogP contribution in [-0.2, 0) is 4.79 Å². The molecule has 122 valence electrons. The summed E-state index contributed by atoms with van der Waals surface area (Å²) in [5, 5.41) is 3.43. The van der Waals surface area contributed by atoms with Gasteiger partial charge in [-0.3, -0.25) is 14.6 Å². The highest BCUT2D eigenvalue weighted by Crippen LogP contribution is 2.14. The molecule has 2 saturated heterocycles. The number of hydrogen-bond donors (Lipinski definition) is 1. The quantitative estimate of drug-likeness (QED) is 0.773. The summed E-state index contributed by atoms with van der Waals surface area (Å²) in [6.07, 6.45) is 2.61. The van der Waals surface area contributed by atoms with E-state index >= 15 is 0 Å². The molecule has 0 radical (unpaired) electrons. The smallest absolute Gasteiger partial charge is 0.236 e. The van der Waals surface area contributed by atoms with Gasteiger partial charge in [0.25, 0.3) is 0 Å². The first-order valence-electron chi connectivity index (χ1n) is 8.66. The summed E-state index contributed by atoms with van der Waals surface area (Å²) in [5.74, 6) is 1.16. The summed E-state index contributed by atoms with van der Waals surface area (Å²) >= 11 is 0. The topological polar surface area (TPSA) is 38.8 Å². The van der Waals surface area contributed by atoms with Crippen molar-refractivity contribution >= 4 is 5.91 Å². The van der Waals surface area contributed by atoms with Gasteiger partial charge in [0.05, 0.1) is 6.54 Å². The molecule has 0 unspecified atom stereocenters. The fraction of sp³-hybridized carbons (Fsp3) is 0.938. The zero-order valence-corrected chi connectivity index (χ0v) is 13.8. The molecule has 2 aliphatic heterocycles. The minimum atomic E-state index is 0.306. The molecule has 0 spiro atoms. The second kappa shape index (κ2) is 8.71. The summed E-state index contributed by atoms with van der Waals surface area (Å²) in [4.78, 5) is 19.1. The monoisotopic (exact) mass is 296 g/mol. The maximum absolute atomic E-state index is 12.3. The number of carbonyl (C=O) groups excluding carboxylic acids is 1.